The van der Waals surface area contributed by atoms with Crippen molar-refractivity contribution in [2.24, 2.45) is 5.92 Å². The minimum absolute atomic E-state index is 0.0473. The Morgan fingerprint density at radius 3 is 2.16 bits per heavy atom. The van der Waals surface area contributed by atoms with Crippen LogP contribution in [0.4, 0.5) is 4.79 Å². The lowest BCUT2D eigenvalue weighted by molar-refractivity contribution is -0.139. The molecule has 0 heterocycles. The van der Waals surface area contributed by atoms with Crippen molar-refractivity contribution in [1.29, 1.82) is 0 Å². The summed E-state index contributed by atoms with van der Waals surface area (Å²) in [5.74, 6) is -0.750. The molecule has 0 unspecified atom stereocenters. The van der Waals surface area contributed by atoms with Gasteiger partial charge in [-0.1, -0.05) is 80.6 Å². The van der Waals surface area contributed by atoms with Crippen LogP contribution in [0.2, 0.25) is 0 Å². The van der Waals surface area contributed by atoms with E-state index in [0.717, 1.165) is 47.9 Å². The lowest BCUT2D eigenvalue weighted by Crippen LogP contribution is -2.46. The van der Waals surface area contributed by atoms with Gasteiger partial charge in [0.2, 0.25) is 0 Å². The molecule has 0 bridgehead atoms. The van der Waals surface area contributed by atoms with Gasteiger partial charge in [-0.15, -0.1) is 0 Å². The monoisotopic (exact) mass is 437 g/mol. The van der Waals surface area contributed by atoms with Crippen LogP contribution in [-0.4, -0.2) is 41.0 Å². The largest absolute Gasteiger partial charge is 0.481 e. The summed E-state index contributed by atoms with van der Waals surface area (Å²) in [5.41, 5.74) is 4.57. The first kappa shape index (κ1) is 22.3. The van der Waals surface area contributed by atoms with Crippen LogP contribution < -0.4 is 5.32 Å². The second-order valence-electron chi connectivity index (χ2n) is 8.98. The minimum Gasteiger partial charge on any atom is -0.481 e. The number of carbonyl (C=O) groups is 2. The van der Waals surface area contributed by atoms with E-state index in [2.05, 4.69) is 29.6 Å². The number of ether oxygens (including phenoxy) is 1. The van der Waals surface area contributed by atoms with Crippen molar-refractivity contribution in [2.45, 2.75) is 63.0 Å². The molecule has 0 spiro atoms. The molecule has 1 fully saturated rings. The number of benzene rings is 2. The van der Waals surface area contributed by atoms with Gasteiger partial charge in [-0.25, -0.2) is 4.79 Å². The highest BCUT2D eigenvalue weighted by atomic mass is 16.5. The van der Waals surface area contributed by atoms with E-state index in [9.17, 15) is 14.7 Å². The van der Waals surface area contributed by atoms with Crippen LogP contribution in [0.3, 0.4) is 0 Å². The Kier molecular flexibility index (Phi) is 7.10. The number of carboxylic acids is 1. The molecule has 0 aliphatic heterocycles. The smallest absolute Gasteiger partial charge is 0.407 e. The van der Waals surface area contributed by atoms with Gasteiger partial charge in [0.1, 0.15) is 6.61 Å². The van der Waals surface area contributed by atoms with E-state index >= 15 is 0 Å². The summed E-state index contributed by atoms with van der Waals surface area (Å²) >= 11 is 0. The Labute approximate surface area is 188 Å². The number of hydrogen-bond donors (Lipinski definition) is 3. The third kappa shape index (κ3) is 5.13. The molecule has 6 nitrogen and oxygen atoms in total. The van der Waals surface area contributed by atoms with Gasteiger partial charge >= 0.3 is 12.1 Å². The first-order valence-electron chi connectivity index (χ1n) is 11.5. The summed E-state index contributed by atoms with van der Waals surface area (Å²) in [6.45, 7) is 0.186. The minimum atomic E-state index is -1.14. The van der Waals surface area contributed by atoms with Crippen LogP contribution in [0.5, 0.6) is 0 Å². The summed E-state index contributed by atoms with van der Waals surface area (Å²) < 4.78 is 5.61. The molecular formula is C26H31NO5. The number of aliphatic hydroxyl groups is 1. The number of aliphatic hydroxyl groups excluding tert-OH is 1. The SMILES string of the molecule is O=C(O)C[C@@H](O)[C@H](CC1CCCCC1)NC(=O)OCC1c2ccccc2-c2ccccc21. The fraction of sp³-hybridized carbons (Fsp3) is 0.462. The molecule has 2 aromatic rings. The second kappa shape index (κ2) is 10.2. The van der Waals surface area contributed by atoms with Crippen LogP contribution >= 0.6 is 0 Å². The molecule has 4 rings (SSSR count). The zero-order valence-electron chi connectivity index (χ0n) is 18.2. The number of amides is 1. The number of fused-ring (bicyclic) bond motifs is 3. The Bertz CT molecular complexity index is 907. The quantitative estimate of drug-likeness (QED) is 0.556. The van der Waals surface area contributed by atoms with Crippen molar-refractivity contribution in [3.63, 3.8) is 0 Å². The Balaban J connectivity index is 1.41. The Hall–Kier alpha value is -2.86. The molecule has 170 valence electrons. The predicted molar refractivity (Wildman–Crippen MR) is 121 cm³/mol. The van der Waals surface area contributed by atoms with Gasteiger partial charge in [-0.05, 0) is 34.6 Å². The van der Waals surface area contributed by atoms with E-state index in [4.69, 9.17) is 9.84 Å². The van der Waals surface area contributed by atoms with Crippen LogP contribution in [0, 0.1) is 5.92 Å². The zero-order valence-corrected chi connectivity index (χ0v) is 18.2. The number of carboxylic acid groups (broad SMARTS) is 1. The fourth-order valence-electron chi connectivity index (χ4n) is 5.21. The van der Waals surface area contributed by atoms with Gasteiger partial charge in [0.05, 0.1) is 18.6 Å². The molecule has 2 aliphatic carbocycles. The number of rotatable bonds is 8. The van der Waals surface area contributed by atoms with Gasteiger partial charge in [-0.3, -0.25) is 4.79 Å². The van der Waals surface area contributed by atoms with Crippen molar-refractivity contribution in [2.75, 3.05) is 6.61 Å². The molecule has 32 heavy (non-hydrogen) atoms. The van der Waals surface area contributed by atoms with Crippen LogP contribution in [0.25, 0.3) is 11.1 Å². The highest BCUT2D eigenvalue weighted by Gasteiger charge is 2.31. The van der Waals surface area contributed by atoms with E-state index < -0.39 is 30.6 Å². The number of aliphatic carboxylic acids is 1. The van der Waals surface area contributed by atoms with Crippen molar-refractivity contribution in [3.8, 4) is 11.1 Å². The summed E-state index contributed by atoms with van der Waals surface area (Å²) in [4.78, 5) is 23.8. The topological polar surface area (TPSA) is 95.9 Å². The predicted octanol–water partition coefficient (Wildman–Crippen LogP) is 4.70. The van der Waals surface area contributed by atoms with Gasteiger partial charge in [-0.2, -0.15) is 0 Å². The first-order chi connectivity index (χ1) is 15.5. The summed E-state index contributed by atoms with van der Waals surface area (Å²) in [6, 6.07) is 15.6. The number of alkyl carbamates (subject to hydrolysis) is 1. The van der Waals surface area contributed by atoms with E-state index in [0.29, 0.717) is 12.3 Å². The average molecular weight is 438 g/mol. The molecule has 2 atom stereocenters. The molecule has 1 amide bonds. The van der Waals surface area contributed by atoms with E-state index in [-0.39, 0.29) is 12.5 Å². The number of hydrogen-bond acceptors (Lipinski definition) is 4. The third-order valence-corrected chi connectivity index (χ3v) is 6.81. The third-order valence-electron chi connectivity index (χ3n) is 6.81. The summed E-state index contributed by atoms with van der Waals surface area (Å²) in [5, 5.41) is 22.3. The molecule has 0 saturated heterocycles. The van der Waals surface area contributed by atoms with E-state index in [1.165, 1.54) is 6.42 Å². The van der Waals surface area contributed by atoms with Crippen LogP contribution in [0.15, 0.2) is 48.5 Å². The Morgan fingerprint density at radius 1 is 0.969 bits per heavy atom. The highest BCUT2D eigenvalue weighted by molar-refractivity contribution is 5.79. The van der Waals surface area contributed by atoms with Crippen LogP contribution in [-0.2, 0) is 9.53 Å². The number of carbonyl (C=O) groups excluding carboxylic acids is 1. The molecule has 0 aromatic heterocycles. The van der Waals surface area contributed by atoms with Crippen LogP contribution in [0.1, 0.15) is 62.0 Å². The maximum atomic E-state index is 12.7. The van der Waals surface area contributed by atoms with E-state index in [1.54, 1.807) is 0 Å². The molecule has 2 aromatic carbocycles. The van der Waals surface area contributed by atoms with Crippen molar-refractivity contribution in [3.05, 3.63) is 59.7 Å². The van der Waals surface area contributed by atoms with Crippen molar-refractivity contribution < 1.29 is 24.5 Å². The molecular weight excluding hydrogens is 406 g/mol. The second-order valence-corrected chi connectivity index (χ2v) is 8.98. The summed E-state index contributed by atoms with van der Waals surface area (Å²) in [7, 11) is 0. The maximum absolute atomic E-state index is 12.7. The fourth-order valence-corrected chi connectivity index (χ4v) is 5.21. The molecule has 1 saturated carbocycles. The van der Waals surface area contributed by atoms with E-state index in [1.807, 2.05) is 24.3 Å². The number of nitrogens with one attached hydrogen (secondary N) is 1. The normalized spacial score (nSPS) is 17.8. The molecule has 6 heteroatoms. The Morgan fingerprint density at radius 2 is 1.56 bits per heavy atom. The molecule has 2 aliphatic rings. The summed E-state index contributed by atoms with van der Waals surface area (Å²) in [6.07, 6.45) is 3.98. The molecule has 0 radical (unpaired) electrons. The van der Waals surface area contributed by atoms with Crippen molar-refractivity contribution >= 4 is 12.1 Å². The lowest BCUT2D eigenvalue weighted by Gasteiger charge is -2.29. The first-order valence-corrected chi connectivity index (χ1v) is 11.5. The van der Waals surface area contributed by atoms with Gasteiger partial charge in [0.25, 0.3) is 0 Å². The van der Waals surface area contributed by atoms with Crippen molar-refractivity contribution in [1.82, 2.24) is 5.32 Å². The maximum Gasteiger partial charge on any atom is 0.407 e. The highest BCUT2D eigenvalue weighted by Crippen LogP contribution is 2.44. The lowest BCUT2D eigenvalue weighted by atomic mass is 9.83. The molecule has 3 N–H and O–H groups in total. The average Bonchev–Trinajstić information content (AvgIpc) is 3.11. The standard InChI is InChI=1S/C26H31NO5/c28-24(15-25(29)30)23(14-17-8-2-1-3-9-17)27-26(31)32-16-22-20-12-6-4-10-18(20)19-11-5-7-13-21(19)22/h4-7,10-13,17,22-24,28H,1-3,8-9,14-16H2,(H,27,31)(H,29,30)/t23-,24+/m0/s1. The van der Waals surface area contributed by atoms with Gasteiger partial charge < -0.3 is 20.3 Å². The van der Waals surface area contributed by atoms with Gasteiger partial charge in [0, 0.05) is 5.92 Å². The van der Waals surface area contributed by atoms with Gasteiger partial charge in [0.15, 0.2) is 0 Å². The zero-order chi connectivity index (χ0) is 22.5.